The molecule has 0 atom stereocenters. The smallest absolute Gasteiger partial charge is 0.318 e. The highest BCUT2D eigenvalue weighted by Gasteiger charge is 2.10. The first kappa shape index (κ1) is 9.98. The summed E-state index contributed by atoms with van der Waals surface area (Å²) >= 11 is 6.01. The molecule has 2 rings (SSSR count). The van der Waals surface area contributed by atoms with Crippen molar-refractivity contribution >= 4 is 22.5 Å². The monoisotopic (exact) mass is 224 g/mol. The summed E-state index contributed by atoms with van der Waals surface area (Å²) in [6, 6.07) is 5.72. The molecule has 0 spiro atoms. The first-order chi connectivity index (χ1) is 7.26. The molecule has 0 aliphatic rings. The number of methoxy groups -OCH3 is 2. The van der Waals surface area contributed by atoms with E-state index in [1.807, 2.05) is 18.2 Å². The third-order valence-corrected chi connectivity index (χ3v) is 2.30. The summed E-state index contributed by atoms with van der Waals surface area (Å²) in [5.74, 6) is 0.653. The van der Waals surface area contributed by atoms with Gasteiger partial charge in [0, 0.05) is 0 Å². The summed E-state index contributed by atoms with van der Waals surface area (Å²) in [6.07, 6.45) is 0. The molecule has 0 saturated carbocycles. The molecule has 0 saturated heterocycles. The van der Waals surface area contributed by atoms with E-state index in [2.05, 4.69) is 9.97 Å². The number of halogens is 1. The van der Waals surface area contributed by atoms with Crippen molar-refractivity contribution in [2.75, 3.05) is 14.2 Å². The van der Waals surface area contributed by atoms with Gasteiger partial charge in [0.05, 0.1) is 25.1 Å². The fourth-order valence-electron chi connectivity index (χ4n) is 1.35. The van der Waals surface area contributed by atoms with E-state index in [1.54, 1.807) is 7.11 Å². The normalized spacial score (nSPS) is 10.3. The zero-order chi connectivity index (χ0) is 10.8. The van der Waals surface area contributed by atoms with Crippen LogP contribution in [0.25, 0.3) is 10.9 Å². The van der Waals surface area contributed by atoms with Crippen LogP contribution in [0, 0.1) is 0 Å². The molecule has 1 aromatic carbocycles. The third-order valence-electron chi connectivity index (χ3n) is 2.02. The van der Waals surface area contributed by atoms with Gasteiger partial charge in [0.15, 0.2) is 0 Å². The largest absolute Gasteiger partial charge is 0.496 e. The van der Waals surface area contributed by atoms with Crippen molar-refractivity contribution in [3.05, 3.63) is 23.4 Å². The number of hydrogen-bond acceptors (Lipinski definition) is 4. The van der Waals surface area contributed by atoms with Crippen LogP contribution in [0.3, 0.4) is 0 Å². The van der Waals surface area contributed by atoms with Crippen LogP contribution in [0.5, 0.6) is 11.8 Å². The average Bonchev–Trinajstić information content (AvgIpc) is 2.27. The summed E-state index contributed by atoms with van der Waals surface area (Å²) in [5, 5.41) is 1.02. The van der Waals surface area contributed by atoms with Gasteiger partial charge in [-0.15, -0.1) is 0 Å². The molecule has 0 bridgehead atoms. The number of hydrogen-bond donors (Lipinski definition) is 0. The van der Waals surface area contributed by atoms with Gasteiger partial charge in [-0.2, -0.15) is 9.97 Å². The maximum atomic E-state index is 6.01. The predicted molar refractivity (Wildman–Crippen MR) is 57.7 cm³/mol. The summed E-state index contributed by atoms with van der Waals surface area (Å²) in [5.41, 5.74) is 0.700. The Morgan fingerprint density at radius 2 is 1.93 bits per heavy atom. The van der Waals surface area contributed by atoms with Gasteiger partial charge in [-0.05, 0) is 12.1 Å². The van der Waals surface area contributed by atoms with E-state index in [0.29, 0.717) is 21.8 Å². The van der Waals surface area contributed by atoms with Crippen molar-refractivity contribution in [1.82, 2.24) is 9.97 Å². The van der Waals surface area contributed by atoms with Gasteiger partial charge in [-0.25, -0.2) is 0 Å². The first-order valence-electron chi connectivity index (χ1n) is 4.30. The zero-order valence-corrected chi connectivity index (χ0v) is 9.08. The number of fused-ring (bicyclic) bond motifs is 1. The molecule has 0 aliphatic carbocycles. The second-order valence-corrected chi connectivity index (χ2v) is 3.21. The Balaban J connectivity index is 2.78. The number of rotatable bonds is 2. The van der Waals surface area contributed by atoms with Gasteiger partial charge < -0.3 is 9.47 Å². The highest BCUT2D eigenvalue weighted by Crippen LogP contribution is 2.30. The minimum absolute atomic E-state index is 0.251. The fraction of sp³-hybridized carbons (Fsp3) is 0.200. The maximum Gasteiger partial charge on any atom is 0.318 e. The van der Waals surface area contributed by atoms with Crippen molar-refractivity contribution in [3.8, 4) is 11.8 Å². The van der Waals surface area contributed by atoms with Crippen LogP contribution in [-0.2, 0) is 0 Å². The first-order valence-corrected chi connectivity index (χ1v) is 4.68. The lowest BCUT2D eigenvalue weighted by Gasteiger charge is -2.06. The lowest BCUT2D eigenvalue weighted by Crippen LogP contribution is -1.95. The summed E-state index contributed by atoms with van der Waals surface area (Å²) in [6.45, 7) is 0. The third kappa shape index (κ3) is 1.68. The molecule has 2 aromatic rings. The molecule has 1 aromatic heterocycles. The van der Waals surface area contributed by atoms with E-state index < -0.39 is 0 Å². The van der Waals surface area contributed by atoms with Crippen LogP contribution in [0.15, 0.2) is 18.2 Å². The molecule has 0 N–H and O–H groups in total. The Labute approximate surface area is 91.8 Å². The molecule has 0 unspecified atom stereocenters. The Kier molecular flexibility index (Phi) is 2.60. The molecule has 15 heavy (non-hydrogen) atoms. The maximum absolute atomic E-state index is 6.01. The van der Waals surface area contributed by atoms with Crippen LogP contribution in [-0.4, -0.2) is 24.2 Å². The van der Waals surface area contributed by atoms with Gasteiger partial charge in [0.2, 0.25) is 0 Å². The summed E-state index contributed by atoms with van der Waals surface area (Å²) in [7, 11) is 3.08. The van der Waals surface area contributed by atoms with Crippen molar-refractivity contribution in [3.63, 3.8) is 0 Å². The highest BCUT2D eigenvalue weighted by molar-refractivity contribution is 6.34. The van der Waals surface area contributed by atoms with E-state index in [1.165, 1.54) is 7.11 Å². The van der Waals surface area contributed by atoms with Gasteiger partial charge in [0.25, 0.3) is 0 Å². The van der Waals surface area contributed by atoms with Crippen LogP contribution in [0.2, 0.25) is 5.15 Å². The van der Waals surface area contributed by atoms with E-state index in [4.69, 9.17) is 21.1 Å². The zero-order valence-electron chi connectivity index (χ0n) is 8.32. The lowest BCUT2D eigenvalue weighted by atomic mass is 10.2. The van der Waals surface area contributed by atoms with E-state index >= 15 is 0 Å². The molecule has 0 fully saturated rings. The van der Waals surface area contributed by atoms with E-state index in [-0.39, 0.29) is 6.01 Å². The number of aromatic nitrogens is 2. The quantitative estimate of drug-likeness (QED) is 0.735. The Morgan fingerprint density at radius 3 is 2.60 bits per heavy atom. The van der Waals surface area contributed by atoms with Crippen molar-refractivity contribution in [1.29, 1.82) is 0 Å². The van der Waals surface area contributed by atoms with Crippen LogP contribution in [0.1, 0.15) is 0 Å². The highest BCUT2D eigenvalue weighted by atomic mass is 35.5. The molecule has 0 amide bonds. The standard InChI is InChI=1S/C10H9ClN2O2/c1-14-7-5-3-4-6-8(7)9(11)13-10(12-6)15-2/h3-5H,1-2H3. The van der Waals surface area contributed by atoms with Gasteiger partial charge >= 0.3 is 6.01 Å². The van der Waals surface area contributed by atoms with Crippen molar-refractivity contribution in [2.45, 2.75) is 0 Å². The van der Waals surface area contributed by atoms with Crippen molar-refractivity contribution in [2.24, 2.45) is 0 Å². The minimum atomic E-state index is 0.251. The van der Waals surface area contributed by atoms with Gasteiger partial charge in [0.1, 0.15) is 10.9 Å². The fourth-order valence-corrected chi connectivity index (χ4v) is 1.61. The van der Waals surface area contributed by atoms with E-state index in [9.17, 15) is 0 Å². The molecular weight excluding hydrogens is 216 g/mol. The Morgan fingerprint density at radius 1 is 1.13 bits per heavy atom. The predicted octanol–water partition coefficient (Wildman–Crippen LogP) is 2.30. The lowest BCUT2D eigenvalue weighted by molar-refractivity contribution is 0.381. The van der Waals surface area contributed by atoms with E-state index in [0.717, 1.165) is 0 Å². The van der Waals surface area contributed by atoms with Crippen LogP contribution in [0.4, 0.5) is 0 Å². The molecule has 78 valence electrons. The second kappa shape index (κ2) is 3.90. The average molecular weight is 225 g/mol. The topological polar surface area (TPSA) is 44.2 Å². The van der Waals surface area contributed by atoms with Crippen molar-refractivity contribution < 1.29 is 9.47 Å². The SMILES string of the molecule is COc1nc(Cl)c2c(OC)cccc2n1. The Bertz CT molecular complexity index is 502. The van der Waals surface area contributed by atoms with Crippen LogP contribution >= 0.6 is 11.6 Å². The minimum Gasteiger partial charge on any atom is -0.496 e. The summed E-state index contributed by atoms with van der Waals surface area (Å²) < 4.78 is 10.1. The molecular formula is C10H9ClN2O2. The molecule has 1 heterocycles. The number of ether oxygens (including phenoxy) is 2. The number of nitrogens with zero attached hydrogens (tertiary/aromatic N) is 2. The van der Waals surface area contributed by atoms with Gasteiger partial charge in [-0.1, -0.05) is 17.7 Å². The summed E-state index contributed by atoms with van der Waals surface area (Å²) in [4.78, 5) is 8.15. The molecule has 5 heteroatoms. The van der Waals surface area contributed by atoms with Gasteiger partial charge in [-0.3, -0.25) is 0 Å². The molecule has 0 aliphatic heterocycles. The molecule has 4 nitrogen and oxygen atoms in total. The Hall–Kier alpha value is -1.55. The second-order valence-electron chi connectivity index (χ2n) is 2.86. The number of benzene rings is 1. The molecule has 0 radical (unpaired) electrons. The van der Waals surface area contributed by atoms with Crippen LogP contribution < -0.4 is 9.47 Å².